The molecule has 0 radical (unpaired) electrons. The highest BCUT2D eigenvalue weighted by Crippen LogP contribution is 2.19. The molecule has 0 spiro atoms. The third kappa shape index (κ3) is 6.83. The van der Waals surface area contributed by atoms with Crippen molar-refractivity contribution < 1.29 is 0 Å². The second kappa shape index (κ2) is 9.50. The van der Waals surface area contributed by atoms with Crippen LogP contribution in [0.3, 0.4) is 0 Å². The summed E-state index contributed by atoms with van der Waals surface area (Å²) in [5, 5.41) is 6.72. The highest BCUT2D eigenvalue weighted by Gasteiger charge is 2.21. The van der Waals surface area contributed by atoms with E-state index in [-0.39, 0.29) is 24.0 Å². The number of aliphatic imine (C=N–C) groups is 1. The second-order valence-corrected chi connectivity index (χ2v) is 6.01. The van der Waals surface area contributed by atoms with E-state index >= 15 is 0 Å². The van der Waals surface area contributed by atoms with E-state index in [4.69, 9.17) is 0 Å². The fraction of sp³-hybridized carbons (Fsp3) is 0.533. The number of nitrogens with zero attached hydrogens (tertiary/aromatic N) is 1. The Morgan fingerprint density at radius 3 is 2.60 bits per heavy atom. The fourth-order valence-corrected chi connectivity index (χ4v) is 2.44. The summed E-state index contributed by atoms with van der Waals surface area (Å²) >= 11 is 1.86. The Bertz CT molecular complexity index is 416. The summed E-state index contributed by atoms with van der Waals surface area (Å²) in [6.45, 7) is 5.99. The van der Waals surface area contributed by atoms with E-state index in [9.17, 15) is 0 Å². The van der Waals surface area contributed by atoms with Crippen LogP contribution in [0.2, 0.25) is 0 Å². The molecule has 1 aliphatic carbocycles. The van der Waals surface area contributed by atoms with Crippen molar-refractivity contribution in [1.29, 1.82) is 0 Å². The van der Waals surface area contributed by atoms with Crippen molar-refractivity contribution >= 4 is 41.7 Å². The maximum absolute atomic E-state index is 4.60. The van der Waals surface area contributed by atoms with Crippen LogP contribution in [-0.4, -0.2) is 30.8 Å². The van der Waals surface area contributed by atoms with Crippen molar-refractivity contribution in [3.63, 3.8) is 0 Å². The van der Waals surface area contributed by atoms with Gasteiger partial charge in [0.05, 0.1) is 6.54 Å². The molecule has 0 bridgehead atoms. The summed E-state index contributed by atoms with van der Waals surface area (Å²) in [4.78, 5) is 5.92. The summed E-state index contributed by atoms with van der Waals surface area (Å²) < 4.78 is 0. The number of nitrogens with one attached hydrogen (secondary N) is 2. The van der Waals surface area contributed by atoms with Crippen molar-refractivity contribution in [3.05, 3.63) is 29.8 Å². The molecule has 1 aromatic rings. The summed E-state index contributed by atoms with van der Waals surface area (Å²) in [7, 11) is 0. The first-order valence-corrected chi connectivity index (χ1v) is 8.01. The van der Waals surface area contributed by atoms with Crippen molar-refractivity contribution in [2.75, 3.05) is 18.8 Å². The third-order valence-electron chi connectivity index (χ3n) is 2.91. The Morgan fingerprint density at radius 2 is 2.00 bits per heavy atom. The third-order valence-corrected chi connectivity index (χ3v) is 3.91. The molecule has 0 aromatic heterocycles. The first-order valence-electron chi connectivity index (χ1n) is 7.02. The molecule has 0 amide bonds. The zero-order chi connectivity index (χ0) is 13.5. The lowest BCUT2D eigenvalue weighted by molar-refractivity contribution is 0.817. The van der Waals surface area contributed by atoms with Gasteiger partial charge >= 0.3 is 0 Å². The number of thioether (sulfide) groups is 1. The monoisotopic (exact) mass is 405 g/mol. The van der Waals surface area contributed by atoms with Crippen molar-refractivity contribution in [2.45, 2.75) is 37.6 Å². The van der Waals surface area contributed by atoms with Gasteiger partial charge in [-0.1, -0.05) is 17.7 Å². The number of rotatable bonds is 6. The van der Waals surface area contributed by atoms with Gasteiger partial charge in [-0.25, -0.2) is 0 Å². The van der Waals surface area contributed by atoms with Crippen LogP contribution in [0.15, 0.2) is 34.2 Å². The van der Waals surface area contributed by atoms with Gasteiger partial charge in [0.1, 0.15) is 0 Å². The smallest absolute Gasteiger partial charge is 0.191 e. The number of halogens is 1. The second-order valence-electron chi connectivity index (χ2n) is 4.84. The van der Waals surface area contributed by atoms with E-state index in [1.807, 2.05) is 11.8 Å². The molecule has 1 saturated carbocycles. The number of aryl methyl sites for hydroxylation is 1. The van der Waals surface area contributed by atoms with E-state index in [2.05, 4.69) is 53.7 Å². The first kappa shape index (κ1) is 17.6. The predicted octanol–water partition coefficient (Wildman–Crippen LogP) is 3.42. The number of guanidine groups is 1. The molecule has 3 nitrogen and oxygen atoms in total. The van der Waals surface area contributed by atoms with Crippen molar-refractivity contribution in [2.24, 2.45) is 4.99 Å². The van der Waals surface area contributed by atoms with Gasteiger partial charge in [-0.05, 0) is 38.8 Å². The average Bonchev–Trinajstić information content (AvgIpc) is 3.21. The fourth-order valence-electron chi connectivity index (χ4n) is 1.70. The molecule has 20 heavy (non-hydrogen) atoms. The van der Waals surface area contributed by atoms with Crippen LogP contribution in [-0.2, 0) is 0 Å². The molecule has 0 atom stereocenters. The first-order chi connectivity index (χ1) is 9.28. The van der Waals surface area contributed by atoms with Crippen molar-refractivity contribution in [3.8, 4) is 0 Å². The average molecular weight is 405 g/mol. The molecule has 1 aliphatic rings. The summed E-state index contributed by atoms with van der Waals surface area (Å²) in [6, 6.07) is 9.33. The SMILES string of the molecule is CCNC(=NCCSc1ccc(C)cc1)NC1CC1.I. The molecule has 2 rings (SSSR count). The minimum absolute atomic E-state index is 0. The normalized spacial score (nSPS) is 14.6. The molecule has 0 aliphatic heterocycles. The molecule has 0 saturated heterocycles. The molecule has 2 N–H and O–H groups in total. The largest absolute Gasteiger partial charge is 0.357 e. The summed E-state index contributed by atoms with van der Waals surface area (Å²) in [5.41, 5.74) is 1.31. The summed E-state index contributed by atoms with van der Waals surface area (Å²) in [6.07, 6.45) is 2.56. The van der Waals surface area contributed by atoms with Crippen LogP contribution >= 0.6 is 35.7 Å². The van der Waals surface area contributed by atoms with E-state index in [1.165, 1.54) is 23.3 Å². The van der Waals surface area contributed by atoms with Crippen LogP contribution in [0.5, 0.6) is 0 Å². The molecular weight excluding hydrogens is 381 g/mol. The van der Waals surface area contributed by atoms with Gasteiger partial charge < -0.3 is 10.6 Å². The zero-order valence-electron chi connectivity index (χ0n) is 12.2. The minimum Gasteiger partial charge on any atom is -0.357 e. The topological polar surface area (TPSA) is 36.4 Å². The van der Waals surface area contributed by atoms with Gasteiger partial charge in [-0.15, -0.1) is 35.7 Å². The Labute approximate surface area is 143 Å². The summed E-state index contributed by atoms with van der Waals surface area (Å²) in [5.74, 6) is 1.99. The molecule has 1 aromatic carbocycles. The van der Waals surface area contributed by atoms with E-state index in [1.54, 1.807) is 0 Å². The number of hydrogen-bond donors (Lipinski definition) is 2. The Hall–Kier alpha value is -0.430. The van der Waals surface area contributed by atoms with Crippen LogP contribution in [0.25, 0.3) is 0 Å². The van der Waals surface area contributed by atoms with E-state index in [0.717, 1.165) is 24.8 Å². The van der Waals surface area contributed by atoms with Gasteiger partial charge in [-0.3, -0.25) is 4.99 Å². The standard InChI is InChI=1S/C15H23N3S.HI/c1-3-16-15(18-13-6-7-13)17-10-11-19-14-8-4-12(2)5-9-14;/h4-5,8-9,13H,3,6-7,10-11H2,1-2H3,(H2,16,17,18);1H. The van der Waals surface area contributed by atoms with Gasteiger partial charge in [-0.2, -0.15) is 0 Å². The Kier molecular flexibility index (Phi) is 8.37. The van der Waals surface area contributed by atoms with Gasteiger partial charge in [0.25, 0.3) is 0 Å². The highest BCUT2D eigenvalue weighted by molar-refractivity contribution is 14.0. The molecule has 5 heteroatoms. The van der Waals surface area contributed by atoms with Gasteiger partial charge in [0.2, 0.25) is 0 Å². The lowest BCUT2D eigenvalue weighted by Gasteiger charge is -2.09. The lowest BCUT2D eigenvalue weighted by atomic mass is 10.2. The molecule has 112 valence electrons. The van der Waals surface area contributed by atoms with Crippen LogP contribution in [0.1, 0.15) is 25.3 Å². The van der Waals surface area contributed by atoms with Crippen LogP contribution in [0.4, 0.5) is 0 Å². The molecule has 1 fully saturated rings. The van der Waals surface area contributed by atoms with E-state index in [0.29, 0.717) is 6.04 Å². The lowest BCUT2D eigenvalue weighted by Crippen LogP contribution is -2.38. The minimum atomic E-state index is 0. The van der Waals surface area contributed by atoms with E-state index < -0.39 is 0 Å². The number of hydrogen-bond acceptors (Lipinski definition) is 2. The highest BCUT2D eigenvalue weighted by atomic mass is 127. The van der Waals surface area contributed by atoms with Crippen molar-refractivity contribution in [1.82, 2.24) is 10.6 Å². The maximum Gasteiger partial charge on any atom is 0.191 e. The Balaban J connectivity index is 0.00000200. The van der Waals surface area contributed by atoms with Crippen LogP contribution in [0, 0.1) is 6.92 Å². The predicted molar refractivity (Wildman–Crippen MR) is 99.5 cm³/mol. The zero-order valence-corrected chi connectivity index (χ0v) is 15.3. The van der Waals surface area contributed by atoms with Crippen LogP contribution < -0.4 is 10.6 Å². The Morgan fingerprint density at radius 1 is 1.30 bits per heavy atom. The van der Waals surface area contributed by atoms with Gasteiger partial charge in [0, 0.05) is 23.2 Å². The maximum atomic E-state index is 4.60. The molecular formula is C15H24IN3S. The molecule has 0 heterocycles. The number of benzene rings is 1. The van der Waals surface area contributed by atoms with Gasteiger partial charge in [0.15, 0.2) is 5.96 Å². The quantitative estimate of drug-likeness (QED) is 0.250. The molecule has 0 unspecified atom stereocenters.